The van der Waals surface area contributed by atoms with Gasteiger partial charge in [-0.15, -0.1) is 11.3 Å². The molecule has 0 N–H and O–H groups in total. The molecule has 7 heteroatoms. The lowest BCUT2D eigenvalue weighted by Crippen LogP contribution is -2.39. The standard InChI is InChI=1S/C21H23N3O3S/c25-21(27-14-17-13-22-15-28-17)24-10-6-16(7-11-24)8-12-26-20-5-1-4-19-18(20)3-2-9-23-19/h1-5,9,13,15-16H,6-8,10-12,14H2. The minimum Gasteiger partial charge on any atom is -0.493 e. The van der Waals surface area contributed by atoms with Crippen molar-refractivity contribution < 1.29 is 14.3 Å². The van der Waals surface area contributed by atoms with Crippen LogP contribution < -0.4 is 4.74 Å². The first kappa shape index (κ1) is 18.7. The van der Waals surface area contributed by atoms with Crippen LogP contribution in [0.1, 0.15) is 24.1 Å². The highest BCUT2D eigenvalue weighted by Crippen LogP contribution is 2.26. The number of piperidine rings is 1. The summed E-state index contributed by atoms with van der Waals surface area (Å²) in [5.41, 5.74) is 2.69. The van der Waals surface area contributed by atoms with Gasteiger partial charge in [0.15, 0.2) is 0 Å². The van der Waals surface area contributed by atoms with Crippen LogP contribution >= 0.6 is 11.3 Å². The van der Waals surface area contributed by atoms with Crippen LogP contribution in [0.4, 0.5) is 4.79 Å². The lowest BCUT2D eigenvalue weighted by molar-refractivity contribution is 0.0807. The van der Waals surface area contributed by atoms with Gasteiger partial charge in [-0.25, -0.2) is 4.79 Å². The van der Waals surface area contributed by atoms with E-state index >= 15 is 0 Å². The molecule has 0 radical (unpaired) electrons. The van der Waals surface area contributed by atoms with Gasteiger partial charge in [-0.05, 0) is 49.4 Å². The van der Waals surface area contributed by atoms with Gasteiger partial charge in [0, 0.05) is 30.9 Å². The summed E-state index contributed by atoms with van der Waals surface area (Å²) in [6, 6.07) is 9.92. The molecule has 3 aromatic rings. The Morgan fingerprint density at radius 1 is 1.21 bits per heavy atom. The summed E-state index contributed by atoms with van der Waals surface area (Å²) in [5, 5.41) is 1.04. The van der Waals surface area contributed by atoms with Crippen LogP contribution in [-0.4, -0.2) is 40.7 Å². The lowest BCUT2D eigenvalue weighted by Gasteiger charge is -2.31. The lowest BCUT2D eigenvalue weighted by atomic mass is 9.94. The summed E-state index contributed by atoms with van der Waals surface area (Å²) < 4.78 is 11.4. The second kappa shape index (κ2) is 9.01. The Hall–Kier alpha value is -2.67. The Morgan fingerprint density at radius 2 is 2.11 bits per heavy atom. The van der Waals surface area contributed by atoms with E-state index in [2.05, 4.69) is 9.97 Å². The van der Waals surface area contributed by atoms with E-state index in [9.17, 15) is 4.79 Å². The van der Waals surface area contributed by atoms with Gasteiger partial charge in [0.1, 0.15) is 12.4 Å². The van der Waals surface area contributed by atoms with Crippen molar-refractivity contribution in [1.82, 2.24) is 14.9 Å². The number of rotatable bonds is 6. The molecule has 0 aliphatic carbocycles. The van der Waals surface area contributed by atoms with Crippen LogP contribution in [0, 0.1) is 5.92 Å². The molecule has 0 unspecified atom stereocenters. The summed E-state index contributed by atoms with van der Waals surface area (Å²) in [5.74, 6) is 1.45. The van der Waals surface area contributed by atoms with E-state index in [0.717, 1.165) is 53.9 Å². The number of likely N-dealkylation sites (tertiary alicyclic amines) is 1. The first-order valence-corrected chi connectivity index (χ1v) is 10.4. The minimum atomic E-state index is -0.230. The highest BCUT2D eigenvalue weighted by atomic mass is 32.1. The molecule has 0 bridgehead atoms. The van der Waals surface area contributed by atoms with Crippen LogP contribution in [0.15, 0.2) is 48.2 Å². The van der Waals surface area contributed by atoms with E-state index in [1.807, 2.05) is 30.3 Å². The SMILES string of the molecule is O=C(OCc1cncs1)N1CCC(CCOc2cccc3ncccc23)CC1. The van der Waals surface area contributed by atoms with E-state index in [0.29, 0.717) is 19.1 Å². The fourth-order valence-corrected chi connectivity index (χ4v) is 3.98. The molecule has 28 heavy (non-hydrogen) atoms. The van der Waals surface area contributed by atoms with E-state index in [4.69, 9.17) is 9.47 Å². The van der Waals surface area contributed by atoms with Gasteiger partial charge < -0.3 is 14.4 Å². The van der Waals surface area contributed by atoms with Gasteiger partial charge in [0.05, 0.1) is 22.5 Å². The predicted octanol–water partition coefficient (Wildman–Crippen LogP) is 4.51. The van der Waals surface area contributed by atoms with Gasteiger partial charge in [0.2, 0.25) is 0 Å². The van der Waals surface area contributed by atoms with Crippen molar-refractivity contribution in [2.45, 2.75) is 25.9 Å². The van der Waals surface area contributed by atoms with E-state index in [1.54, 1.807) is 22.8 Å². The summed E-state index contributed by atoms with van der Waals surface area (Å²) in [4.78, 5) is 23.3. The molecule has 0 atom stereocenters. The summed E-state index contributed by atoms with van der Waals surface area (Å²) in [6.45, 7) is 2.46. The number of carbonyl (C=O) groups is 1. The zero-order valence-electron chi connectivity index (χ0n) is 15.6. The molecule has 1 amide bonds. The van der Waals surface area contributed by atoms with Crippen molar-refractivity contribution >= 4 is 28.3 Å². The maximum Gasteiger partial charge on any atom is 0.410 e. The number of hydrogen-bond donors (Lipinski definition) is 0. The molecule has 1 fully saturated rings. The summed E-state index contributed by atoms with van der Waals surface area (Å²) >= 11 is 1.50. The number of fused-ring (bicyclic) bond motifs is 1. The second-order valence-corrected chi connectivity index (χ2v) is 7.89. The Kier molecular flexibility index (Phi) is 6.01. The maximum absolute atomic E-state index is 12.2. The zero-order chi connectivity index (χ0) is 19.2. The number of amides is 1. The van der Waals surface area contributed by atoms with Crippen LogP contribution in [0.5, 0.6) is 5.75 Å². The molecule has 0 spiro atoms. The smallest absolute Gasteiger partial charge is 0.410 e. The molecule has 1 aliphatic heterocycles. The number of ether oxygens (including phenoxy) is 2. The monoisotopic (exact) mass is 397 g/mol. The number of carbonyl (C=O) groups excluding carboxylic acids is 1. The molecule has 1 aromatic carbocycles. The van der Waals surface area contributed by atoms with Gasteiger partial charge >= 0.3 is 6.09 Å². The molecule has 2 aromatic heterocycles. The zero-order valence-corrected chi connectivity index (χ0v) is 16.4. The van der Waals surface area contributed by atoms with Crippen molar-refractivity contribution in [3.63, 3.8) is 0 Å². The first-order chi connectivity index (χ1) is 13.8. The fourth-order valence-electron chi connectivity index (χ4n) is 3.48. The third kappa shape index (κ3) is 4.59. The number of hydrogen-bond acceptors (Lipinski definition) is 6. The summed E-state index contributed by atoms with van der Waals surface area (Å²) in [6.07, 6.45) is 6.25. The molecular weight excluding hydrogens is 374 g/mol. The van der Waals surface area contributed by atoms with Gasteiger partial charge in [-0.3, -0.25) is 9.97 Å². The van der Waals surface area contributed by atoms with Crippen LogP contribution in [0.25, 0.3) is 10.9 Å². The second-order valence-electron chi connectivity index (χ2n) is 6.92. The Labute approximate surface area is 168 Å². The highest BCUT2D eigenvalue weighted by Gasteiger charge is 2.23. The molecular formula is C21H23N3O3S. The summed E-state index contributed by atoms with van der Waals surface area (Å²) in [7, 11) is 0. The van der Waals surface area contributed by atoms with Gasteiger partial charge in [-0.1, -0.05) is 6.07 Å². The number of pyridine rings is 1. The molecule has 6 nitrogen and oxygen atoms in total. The minimum absolute atomic E-state index is 0.230. The molecule has 3 heterocycles. The van der Waals surface area contributed by atoms with Crippen molar-refractivity contribution in [2.24, 2.45) is 5.92 Å². The van der Waals surface area contributed by atoms with Gasteiger partial charge in [0.25, 0.3) is 0 Å². The Bertz CT molecular complexity index is 903. The topological polar surface area (TPSA) is 64.5 Å². The molecule has 146 valence electrons. The Morgan fingerprint density at radius 3 is 2.93 bits per heavy atom. The highest BCUT2D eigenvalue weighted by molar-refractivity contribution is 7.09. The average molecular weight is 398 g/mol. The van der Waals surface area contributed by atoms with Crippen molar-refractivity contribution in [3.05, 3.63) is 53.1 Å². The van der Waals surface area contributed by atoms with Crippen molar-refractivity contribution in [2.75, 3.05) is 19.7 Å². The number of nitrogens with zero attached hydrogens (tertiary/aromatic N) is 3. The molecule has 1 aliphatic rings. The molecule has 4 rings (SSSR count). The number of thiazole rings is 1. The molecule has 0 saturated carbocycles. The number of benzene rings is 1. The number of aromatic nitrogens is 2. The average Bonchev–Trinajstić information content (AvgIpc) is 3.26. The largest absolute Gasteiger partial charge is 0.493 e. The van der Waals surface area contributed by atoms with E-state index in [-0.39, 0.29) is 6.09 Å². The normalized spacial score (nSPS) is 14.9. The molecule has 1 saturated heterocycles. The quantitative estimate of drug-likeness (QED) is 0.612. The van der Waals surface area contributed by atoms with Crippen LogP contribution in [-0.2, 0) is 11.3 Å². The first-order valence-electron chi connectivity index (χ1n) is 9.55. The van der Waals surface area contributed by atoms with Crippen LogP contribution in [0.3, 0.4) is 0 Å². The Balaban J connectivity index is 1.20. The fraction of sp³-hybridized carbons (Fsp3) is 0.381. The van der Waals surface area contributed by atoms with E-state index < -0.39 is 0 Å². The third-order valence-corrected chi connectivity index (χ3v) is 5.84. The third-order valence-electron chi connectivity index (χ3n) is 5.08. The van der Waals surface area contributed by atoms with Gasteiger partial charge in [-0.2, -0.15) is 0 Å². The maximum atomic E-state index is 12.2. The van der Waals surface area contributed by atoms with Crippen molar-refractivity contribution in [1.29, 1.82) is 0 Å². The van der Waals surface area contributed by atoms with Crippen molar-refractivity contribution in [3.8, 4) is 5.75 Å². The predicted molar refractivity (Wildman–Crippen MR) is 108 cm³/mol. The van der Waals surface area contributed by atoms with E-state index in [1.165, 1.54) is 11.3 Å². The van der Waals surface area contributed by atoms with Crippen LogP contribution in [0.2, 0.25) is 0 Å².